The fourth-order valence-electron chi connectivity index (χ4n) is 4.91. The predicted molar refractivity (Wildman–Crippen MR) is 143 cm³/mol. The summed E-state index contributed by atoms with van der Waals surface area (Å²) in [6.07, 6.45) is 1.41. The van der Waals surface area contributed by atoms with E-state index in [-0.39, 0.29) is 29.6 Å². The molecule has 1 fully saturated rings. The van der Waals surface area contributed by atoms with Crippen LogP contribution in [-0.4, -0.2) is 41.6 Å². The molecule has 1 unspecified atom stereocenters. The minimum absolute atomic E-state index is 0.0763. The van der Waals surface area contributed by atoms with Crippen LogP contribution in [0.5, 0.6) is 5.75 Å². The number of amides is 2. The zero-order chi connectivity index (χ0) is 26.0. The van der Waals surface area contributed by atoms with Crippen molar-refractivity contribution in [3.8, 4) is 16.9 Å². The molecule has 6 nitrogen and oxygen atoms in total. The zero-order valence-electron chi connectivity index (χ0n) is 21.7. The summed E-state index contributed by atoms with van der Waals surface area (Å²) in [5, 5.41) is 2.99. The predicted octanol–water partition coefficient (Wildman–Crippen LogP) is 5.67. The molecular weight excluding hydrogens is 464 g/mol. The Labute approximate surface area is 218 Å². The van der Waals surface area contributed by atoms with E-state index in [1.807, 2.05) is 92.4 Å². The van der Waals surface area contributed by atoms with Crippen molar-refractivity contribution < 1.29 is 19.1 Å². The van der Waals surface area contributed by atoms with Gasteiger partial charge in [0.1, 0.15) is 5.75 Å². The molecule has 1 saturated heterocycles. The van der Waals surface area contributed by atoms with E-state index in [0.717, 1.165) is 40.8 Å². The van der Waals surface area contributed by atoms with Gasteiger partial charge in [0, 0.05) is 41.2 Å². The molecule has 6 heteroatoms. The molecule has 3 aromatic rings. The quantitative estimate of drug-likeness (QED) is 0.503. The lowest BCUT2D eigenvalue weighted by atomic mass is 9.94. The third-order valence-electron chi connectivity index (χ3n) is 6.91. The highest BCUT2D eigenvalue weighted by atomic mass is 16.7. The molecule has 2 aliphatic heterocycles. The molecule has 37 heavy (non-hydrogen) atoms. The Morgan fingerprint density at radius 2 is 1.54 bits per heavy atom. The van der Waals surface area contributed by atoms with E-state index >= 15 is 0 Å². The van der Waals surface area contributed by atoms with Crippen LogP contribution in [0.3, 0.4) is 0 Å². The Morgan fingerprint density at radius 3 is 2.22 bits per heavy atom. The lowest BCUT2D eigenvalue weighted by Crippen LogP contribution is -2.44. The van der Waals surface area contributed by atoms with Gasteiger partial charge in [-0.3, -0.25) is 9.59 Å². The summed E-state index contributed by atoms with van der Waals surface area (Å²) in [5.74, 6) is 1.11. The molecular formula is C31H34N2O4. The van der Waals surface area contributed by atoms with Crippen LogP contribution in [0.4, 0.5) is 0 Å². The number of piperidine rings is 1. The monoisotopic (exact) mass is 498 g/mol. The number of carbonyl (C=O) groups is 2. The molecule has 2 aliphatic rings. The van der Waals surface area contributed by atoms with Gasteiger partial charge in [-0.1, -0.05) is 36.4 Å². The molecule has 0 radical (unpaired) electrons. The molecule has 0 bridgehead atoms. The molecule has 1 atom stereocenters. The largest absolute Gasteiger partial charge is 0.464 e. The van der Waals surface area contributed by atoms with Gasteiger partial charge in [0.25, 0.3) is 11.8 Å². The second-order valence-corrected chi connectivity index (χ2v) is 10.9. The van der Waals surface area contributed by atoms with E-state index in [1.54, 1.807) is 0 Å². The van der Waals surface area contributed by atoms with Crippen molar-refractivity contribution in [1.29, 1.82) is 0 Å². The average Bonchev–Trinajstić information content (AvgIpc) is 2.92. The van der Waals surface area contributed by atoms with E-state index in [4.69, 9.17) is 9.47 Å². The summed E-state index contributed by atoms with van der Waals surface area (Å²) in [6, 6.07) is 23.2. The van der Waals surface area contributed by atoms with Crippen LogP contribution in [-0.2, 0) is 11.3 Å². The van der Waals surface area contributed by atoms with Crippen molar-refractivity contribution in [1.82, 2.24) is 10.2 Å². The van der Waals surface area contributed by atoms with E-state index in [1.165, 1.54) is 0 Å². The first kappa shape index (κ1) is 25.0. The standard InChI is InChI=1S/C31H34N2O4/c1-31(2,3)32-28(34)22-11-9-21(10-12-22)25-13-14-27-26(19-25)20-36-30(37-27)24-15-17-33(18-16-24)29(35)23-7-5-4-6-8-23/h4-14,19,24,30H,15-18,20H2,1-3H3,(H,32,34). The highest BCUT2D eigenvalue weighted by Gasteiger charge is 2.33. The number of nitrogens with zero attached hydrogens (tertiary/aromatic N) is 1. The first-order valence-corrected chi connectivity index (χ1v) is 13.0. The maximum Gasteiger partial charge on any atom is 0.253 e. The third-order valence-corrected chi connectivity index (χ3v) is 6.91. The van der Waals surface area contributed by atoms with Gasteiger partial charge in [-0.05, 0) is 81.1 Å². The molecule has 5 rings (SSSR count). The van der Waals surface area contributed by atoms with Gasteiger partial charge in [-0.2, -0.15) is 0 Å². The van der Waals surface area contributed by atoms with Gasteiger partial charge in [-0.25, -0.2) is 0 Å². The Balaban J connectivity index is 1.19. The minimum atomic E-state index is -0.298. The van der Waals surface area contributed by atoms with Gasteiger partial charge in [0.2, 0.25) is 6.29 Å². The lowest BCUT2D eigenvalue weighted by molar-refractivity contribution is -0.148. The van der Waals surface area contributed by atoms with Crippen LogP contribution >= 0.6 is 0 Å². The molecule has 192 valence electrons. The Bertz CT molecular complexity index is 1260. The van der Waals surface area contributed by atoms with Crippen LogP contribution in [0.15, 0.2) is 72.8 Å². The zero-order valence-corrected chi connectivity index (χ0v) is 21.7. The van der Waals surface area contributed by atoms with Crippen LogP contribution in [0.2, 0.25) is 0 Å². The molecule has 0 aliphatic carbocycles. The van der Waals surface area contributed by atoms with Gasteiger partial charge >= 0.3 is 0 Å². The van der Waals surface area contributed by atoms with Gasteiger partial charge < -0.3 is 19.7 Å². The second-order valence-electron chi connectivity index (χ2n) is 10.9. The number of carbonyl (C=O) groups excluding carboxylic acids is 2. The first-order chi connectivity index (χ1) is 17.8. The Morgan fingerprint density at radius 1 is 0.865 bits per heavy atom. The Kier molecular flexibility index (Phi) is 7.02. The number of hydrogen-bond acceptors (Lipinski definition) is 4. The van der Waals surface area contributed by atoms with Gasteiger partial charge in [0.15, 0.2) is 0 Å². The number of hydrogen-bond donors (Lipinski definition) is 1. The van der Waals surface area contributed by atoms with Gasteiger partial charge in [-0.15, -0.1) is 0 Å². The molecule has 3 aromatic carbocycles. The first-order valence-electron chi connectivity index (χ1n) is 13.0. The average molecular weight is 499 g/mol. The molecule has 2 amide bonds. The van der Waals surface area contributed by atoms with Crippen molar-refractivity contribution in [3.63, 3.8) is 0 Å². The van der Waals surface area contributed by atoms with Gasteiger partial charge in [0.05, 0.1) is 6.61 Å². The van der Waals surface area contributed by atoms with Crippen LogP contribution in [0.1, 0.15) is 59.9 Å². The van der Waals surface area contributed by atoms with E-state index < -0.39 is 0 Å². The summed E-state index contributed by atoms with van der Waals surface area (Å²) in [5.41, 5.74) is 4.21. The molecule has 1 N–H and O–H groups in total. The maximum absolute atomic E-state index is 12.7. The highest BCUT2D eigenvalue weighted by Crippen LogP contribution is 2.35. The van der Waals surface area contributed by atoms with Crippen molar-refractivity contribution in [2.75, 3.05) is 13.1 Å². The Hall–Kier alpha value is -3.64. The van der Waals surface area contributed by atoms with Crippen molar-refractivity contribution >= 4 is 11.8 Å². The lowest BCUT2D eigenvalue weighted by Gasteiger charge is -2.37. The van der Waals surface area contributed by atoms with Crippen LogP contribution in [0.25, 0.3) is 11.1 Å². The van der Waals surface area contributed by atoms with Crippen LogP contribution < -0.4 is 10.1 Å². The van der Waals surface area contributed by atoms with Crippen molar-refractivity contribution in [2.24, 2.45) is 5.92 Å². The molecule has 0 spiro atoms. The second kappa shape index (κ2) is 10.4. The third kappa shape index (κ3) is 5.86. The van der Waals surface area contributed by atoms with E-state index in [9.17, 15) is 9.59 Å². The number of nitrogens with one attached hydrogen (secondary N) is 1. The fourth-order valence-corrected chi connectivity index (χ4v) is 4.91. The molecule has 0 saturated carbocycles. The SMILES string of the molecule is CC(C)(C)NC(=O)c1ccc(-c2ccc3c(c2)COC(C2CCN(C(=O)c4ccccc4)CC2)O3)cc1. The van der Waals surface area contributed by atoms with E-state index in [2.05, 4.69) is 11.4 Å². The summed E-state index contributed by atoms with van der Waals surface area (Å²) >= 11 is 0. The highest BCUT2D eigenvalue weighted by molar-refractivity contribution is 5.95. The van der Waals surface area contributed by atoms with Crippen molar-refractivity contribution in [2.45, 2.75) is 52.0 Å². The normalized spacial score (nSPS) is 18.0. The summed E-state index contributed by atoms with van der Waals surface area (Å²) < 4.78 is 12.4. The number of fused-ring (bicyclic) bond motifs is 1. The topological polar surface area (TPSA) is 67.9 Å². The number of rotatable bonds is 4. The summed E-state index contributed by atoms with van der Waals surface area (Å²) in [7, 11) is 0. The minimum Gasteiger partial charge on any atom is -0.464 e. The summed E-state index contributed by atoms with van der Waals surface area (Å²) in [6.45, 7) is 7.81. The smallest absolute Gasteiger partial charge is 0.253 e. The van der Waals surface area contributed by atoms with E-state index in [0.29, 0.717) is 25.3 Å². The summed E-state index contributed by atoms with van der Waals surface area (Å²) in [4.78, 5) is 27.1. The number of likely N-dealkylation sites (tertiary alicyclic amines) is 1. The molecule has 0 aromatic heterocycles. The fraction of sp³-hybridized carbons (Fsp3) is 0.355. The maximum atomic E-state index is 12.7. The number of ether oxygens (including phenoxy) is 2. The van der Waals surface area contributed by atoms with Crippen LogP contribution in [0, 0.1) is 5.92 Å². The number of benzene rings is 3. The van der Waals surface area contributed by atoms with Crippen molar-refractivity contribution in [3.05, 3.63) is 89.5 Å². The molecule has 2 heterocycles.